The van der Waals surface area contributed by atoms with Gasteiger partial charge in [0.05, 0.1) is 40.0 Å². The summed E-state index contributed by atoms with van der Waals surface area (Å²) in [4.78, 5) is 4.29. The Hall–Kier alpha value is -3.13. The molecule has 2 aromatic carbocycles. The van der Waals surface area contributed by atoms with Crippen LogP contribution in [-0.4, -0.2) is 54.7 Å². The average molecular weight is 418 g/mol. The van der Waals surface area contributed by atoms with Gasteiger partial charge in [-0.3, -0.25) is 4.99 Å². The molecule has 2 rings (SSSR count). The molecule has 8 heteroatoms. The van der Waals surface area contributed by atoms with Gasteiger partial charge in [-0.15, -0.1) is 0 Å². The molecular weight excluding hydrogens is 386 g/mol. The van der Waals surface area contributed by atoms with Crippen LogP contribution >= 0.6 is 0 Å². The predicted octanol–water partition coefficient (Wildman–Crippen LogP) is 3.32. The van der Waals surface area contributed by atoms with Crippen LogP contribution in [0.1, 0.15) is 12.0 Å². The molecule has 0 aromatic heterocycles. The van der Waals surface area contributed by atoms with Gasteiger partial charge in [-0.1, -0.05) is 6.07 Å². The molecule has 0 spiro atoms. The summed E-state index contributed by atoms with van der Waals surface area (Å²) in [6.45, 7) is 1.72. The van der Waals surface area contributed by atoms with Crippen molar-refractivity contribution in [1.29, 1.82) is 0 Å². The van der Waals surface area contributed by atoms with E-state index in [4.69, 9.17) is 23.7 Å². The first kappa shape index (κ1) is 23.2. The van der Waals surface area contributed by atoms with Crippen LogP contribution in [0.5, 0.6) is 23.0 Å². The standard InChI is InChI=1S/C22H31N3O5/c1-23-22(25-16-8-6-9-17(12-16)30-11-7-10-26-2)24-15-19-20(28-4)13-18(27-3)14-21(19)29-5/h6,8-9,12-14H,7,10-11,15H2,1-5H3,(H2,23,24,25). The van der Waals surface area contributed by atoms with E-state index < -0.39 is 0 Å². The molecule has 0 aliphatic rings. The third-order valence-corrected chi connectivity index (χ3v) is 4.33. The Kier molecular flexibility index (Phi) is 9.60. The highest BCUT2D eigenvalue weighted by atomic mass is 16.5. The molecule has 8 nitrogen and oxygen atoms in total. The first-order chi connectivity index (χ1) is 14.6. The summed E-state index contributed by atoms with van der Waals surface area (Å²) >= 11 is 0. The Morgan fingerprint density at radius 1 is 0.900 bits per heavy atom. The van der Waals surface area contributed by atoms with Crippen LogP contribution in [0.2, 0.25) is 0 Å². The Morgan fingerprint density at radius 2 is 1.63 bits per heavy atom. The van der Waals surface area contributed by atoms with Gasteiger partial charge in [0.1, 0.15) is 23.0 Å². The van der Waals surface area contributed by atoms with E-state index in [1.54, 1.807) is 35.5 Å². The van der Waals surface area contributed by atoms with Crippen molar-refractivity contribution in [1.82, 2.24) is 5.32 Å². The highest BCUT2D eigenvalue weighted by Crippen LogP contribution is 2.33. The minimum absolute atomic E-state index is 0.448. The highest BCUT2D eigenvalue weighted by molar-refractivity contribution is 5.93. The number of hydrogen-bond donors (Lipinski definition) is 2. The van der Waals surface area contributed by atoms with Gasteiger partial charge in [-0.25, -0.2) is 0 Å². The van der Waals surface area contributed by atoms with Crippen LogP contribution in [0.3, 0.4) is 0 Å². The maximum Gasteiger partial charge on any atom is 0.195 e. The zero-order chi connectivity index (χ0) is 21.8. The summed E-state index contributed by atoms with van der Waals surface area (Å²) in [7, 11) is 8.22. The Labute approximate surface area is 178 Å². The number of nitrogens with zero attached hydrogens (tertiary/aromatic N) is 1. The number of anilines is 1. The quantitative estimate of drug-likeness (QED) is 0.330. The van der Waals surface area contributed by atoms with Crippen molar-refractivity contribution in [3.8, 4) is 23.0 Å². The lowest BCUT2D eigenvalue weighted by molar-refractivity contribution is 0.172. The van der Waals surface area contributed by atoms with Crippen LogP contribution in [0.25, 0.3) is 0 Å². The van der Waals surface area contributed by atoms with Crippen molar-refractivity contribution in [2.45, 2.75) is 13.0 Å². The van der Waals surface area contributed by atoms with Crippen molar-refractivity contribution >= 4 is 11.6 Å². The fraction of sp³-hybridized carbons (Fsp3) is 0.409. The molecule has 0 radical (unpaired) electrons. The number of aliphatic imine (C=N–C) groups is 1. The Bertz CT molecular complexity index is 801. The lowest BCUT2D eigenvalue weighted by atomic mass is 10.1. The molecule has 2 aromatic rings. The lowest BCUT2D eigenvalue weighted by Crippen LogP contribution is -2.30. The maximum absolute atomic E-state index is 5.75. The van der Waals surface area contributed by atoms with E-state index in [1.165, 1.54) is 0 Å². The molecule has 0 aliphatic heterocycles. The van der Waals surface area contributed by atoms with Crippen LogP contribution in [0.4, 0.5) is 5.69 Å². The SMILES string of the molecule is CN=C(NCc1c(OC)cc(OC)cc1OC)Nc1cccc(OCCCOC)c1. The number of nitrogens with one attached hydrogen (secondary N) is 2. The van der Waals surface area contributed by atoms with Gasteiger partial charge in [0.15, 0.2) is 5.96 Å². The van der Waals surface area contributed by atoms with Crippen molar-refractivity contribution in [2.24, 2.45) is 4.99 Å². The van der Waals surface area contributed by atoms with Gasteiger partial charge in [-0.05, 0) is 12.1 Å². The largest absolute Gasteiger partial charge is 0.496 e. The van der Waals surface area contributed by atoms with Crippen molar-refractivity contribution < 1.29 is 23.7 Å². The summed E-state index contributed by atoms with van der Waals surface area (Å²) in [6.07, 6.45) is 0.836. The monoisotopic (exact) mass is 417 g/mol. The molecule has 0 atom stereocenters. The molecular formula is C22H31N3O5. The number of benzene rings is 2. The number of ether oxygens (including phenoxy) is 5. The van der Waals surface area contributed by atoms with Gasteiger partial charge in [0.25, 0.3) is 0 Å². The van der Waals surface area contributed by atoms with Gasteiger partial charge >= 0.3 is 0 Å². The van der Waals surface area contributed by atoms with Gasteiger partial charge < -0.3 is 34.3 Å². The summed E-state index contributed by atoms with van der Waals surface area (Å²) in [5.74, 6) is 3.38. The van der Waals surface area contributed by atoms with Gasteiger partial charge in [0.2, 0.25) is 0 Å². The molecule has 0 unspecified atom stereocenters. The van der Waals surface area contributed by atoms with E-state index in [0.717, 1.165) is 23.4 Å². The topological polar surface area (TPSA) is 82.6 Å². The van der Waals surface area contributed by atoms with Gasteiger partial charge in [0, 0.05) is 51.1 Å². The van der Waals surface area contributed by atoms with E-state index >= 15 is 0 Å². The molecule has 2 N–H and O–H groups in total. The highest BCUT2D eigenvalue weighted by Gasteiger charge is 2.14. The third kappa shape index (κ3) is 6.73. The zero-order valence-electron chi connectivity index (χ0n) is 18.3. The molecule has 164 valence electrons. The summed E-state index contributed by atoms with van der Waals surface area (Å²) in [6, 6.07) is 11.4. The van der Waals surface area contributed by atoms with Crippen LogP contribution in [-0.2, 0) is 11.3 Å². The molecule has 0 fully saturated rings. The second-order valence-electron chi connectivity index (χ2n) is 6.28. The summed E-state index contributed by atoms with van der Waals surface area (Å²) < 4.78 is 27.1. The normalized spacial score (nSPS) is 11.0. The maximum atomic E-state index is 5.75. The van der Waals surface area contributed by atoms with E-state index in [9.17, 15) is 0 Å². The molecule has 30 heavy (non-hydrogen) atoms. The van der Waals surface area contributed by atoms with Crippen LogP contribution in [0, 0.1) is 0 Å². The van der Waals surface area contributed by atoms with Crippen molar-refractivity contribution in [3.63, 3.8) is 0 Å². The van der Waals surface area contributed by atoms with Crippen LogP contribution in [0.15, 0.2) is 41.4 Å². The smallest absolute Gasteiger partial charge is 0.195 e. The minimum atomic E-state index is 0.448. The molecule has 0 heterocycles. The number of hydrogen-bond acceptors (Lipinski definition) is 6. The number of methoxy groups -OCH3 is 4. The minimum Gasteiger partial charge on any atom is -0.496 e. The fourth-order valence-electron chi connectivity index (χ4n) is 2.80. The van der Waals surface area contributed by atoms with Crippen molar-refractivity contribution in [3.05, 3.63) is 42.0 Å². The fourth-order valence-corrected chi connectivity index (χ4v) is 2.80. The van der Waals surface area contributed by atoms with Gasteiger partial charge in [-0.2, -0.15) is 0 Å². The van der Waals surface area contributed by atoms with E-state index in [-0.39, 0.29) is 0 Å². The van der Waals surface area contributed by atoms with Crippen LogP contribution < -0.4 is 29.6 Å². The zero-order valence-corrected chi connectivity index (χ0v) is 18.3. The average Bonchev–Trinajstić information content (AvgIpc) is 2.79. The Balaban J connectivity index is 2.04. The second-order valence-corrected chi connectivity index (χ2v) is 6.28. The lowest BCUT2D eigenvalue weighted by Gasteiger charge is -2.17. The first-order valence-electron chi connectivity index (χ1n) is 9.63. The molecule has 0 amide bonds. The first-order valence-corrected chi connectivity index (χ1v) is 9.63. The molecule has 0 saturated heterocycles. The van der Waals surface area contributed by atoms with E-state index in [2.05, 4.69) is 15.6 Å². The summed E-state index contributed by atoms with van der Waals surface area (Å²) in [5, 5.41) is 6.55. The number of guanidine groups is 1. The Morgan fingerprint density at radius 3 is 2.23 bits per heavy atom. The predicted molar refractivity (Wildman–Crippen MR) is 118 cm³/mol. The second kappa shape index (κ2) is 12.4. The van der Waals surface area contributed by atoms with E-state index in [0.29, 0.717) is 43.0 Å². The summed E-state index contributed by atoms with van der Waals surface area (Å²) in [5.41, 5.74) is 1.72. The molecule has 0 aliphatic carbocycles. The third-order valence-electron chi connectivity index (χ3n) is 4.33. The molecule has 0 bridgehead atoms. The number of rotatable bonds is 11. The van der Waals surface area contributed by atoms with Crippen molar-refractivity contribution in [2.75, 3.05) is 54.0 Å². The molecule has 0 saturated carbocycles. The van der Waals surface area contributed by atoms with E-state index in [1.807, 2.05) is 36.4 Å².